The van der Waals surface area contributed by atoms with Crippen molar-refractivity contribution in [3.05, 3.63) is 30.1 Å². The molecule has 0 N–H and O–H groups in total. The van der Waals surface area contributed by atoms with Gasteiger partial charge in [0.15, 0.2) is 0 Å². The highest BCUT2D eigenvalue weighted by Gasteiger charge is 2.32. The molecule has 1 aromatic carbocycles. The van der Waals surface area contributed by atoms with Gasteiger partial charge >= 0.3 is 0 Å². The van der Waals surface area contributed by atoms with E-state index in [1.165, 1.54) is 18.2 Å². The number of sulfonamides is 1. The highest BCUT2D eigenvalue weighted by molar-refractivity contribution is 7.92. The lowest BCUT2D eigenvalue weighted by atomic mass is 10.1. The predicted octanol–water partition coefficient (Wildman–Crippen LogP) is 1.99. The van der Waals surface area contributed by atoms with Gasteiger partial charge in [0.25, 0.3) is 0 Å². The molecule has 0 aromatic heterocycles. The van der Waals surface area contributed by atoms with Gasteiger partial charge in [0.1, 0.15) is 11.9 Å². The van der Waals surface area contributed by atoms with Crippen LogP contribution in [0.15, 0.2) is 24.3 Å². The van der Waals surface area contributed by atoms with Gasteiger partial charge in [-0.25, -0.2) is 12.8 Å². The number of carbonyl (C=O) groups is 1. The Morgan fingerprint density at radius 1 is 1.27 bits per heavy atom. The maximum absolute atomic E-state index is 13.4. The van der Waals surface area contributed by atoms with E-state index in [1.807, 2.05) is 0 Å². The molecule has 0 saturated carbocycles. The third-order valence-corrected chi connectivity index (χ3v) is 5.04. The first-order chi connectivity index (χ1) is 10.3. The fourth-order valence-corrected chi connectivity index (χ4v) is 3.96. The molecule has 5 nitrogen and oxygen atoms in total. The third kappa shape index (κ3) is 3.76. The number of nitrogens with zero attached hydrogens (tertiary/aromatic N) is 2. The van der Waals surface area contributed by atoms with Gasteiger partial charge < -0.3 is 4.90 Å². The summed E-state index contributed by atoms with van der Waals surface area (Å²) in [6.45, 7) is 2.83. The van der Waals surface area contributed by atoms with Crippen LogP contribution in [-0.2, 0) is 14.8 Å². The zero-order valence-electron chi connectivity index (χ0n) is 12.8. The number of hydrogen-bond acceptors (Lipinski definition) is 3. The molecule has 1 unspecified atom stereocenters. The van der Waals surface area contributed by atoms with Crippen LogP contribution in [0.4, 0.5) is 10.1 Å². The molecule has 1 atom stereocenters. The number of halogens is 1. The summed E-state index contributed by atoms with van der Waals surface area (Å²) in [6.07, 6.45) is 3.96. The molecule has 1 aromatic rings. The Hall–Kier alpha value is -1.63. The number of benzene rings is 1. The molecule has 0 radical (unpaired) electrons. The van der Waals surface area contributed by atoms with Crippen LogP contribution in [0.2, 0.25) is 0 Å². The third-order valence-electron chi connectivity index (χ3n) is 3.80. The van der Waals surface area contributed by atoms with E-state index in [1.54, 1.807) is 11.8 Å². The normalized spacial score (nSPS) is 17.1. The van der Waals surface area contributed by atoms with Gasteiger partial charge in [0.05, 0.1) is 11.9 Å². The molecule has 1 amide bonds. The number of anilines is 1. The van der Waals surface area contributed by atoms with Crippen molar-refractivity contribution in [1.82, 2.24) is 4.90 Å². The second kappa shape index (κ2) is 6.64. The SMILES string of the molecule is CC(C(=O)N1CCCCC1)N(c1cccc(F)c1)S(C)(=O)=O. The van der Waals surface area contributed by atoms with Gasteiger partial charge in [-0.15, -0.1) is 0 Å². The van der Waals surface area contributed by atoms with Crippen molar-refractivity contribution in [1.29, 1.82) is 0 Å². The Kier molecular flexibility index (Phi) is 5.05. The Labute approximate surface area is 130 Å². The van der Waals surface area contributed by atoms with Gasteiger partial charge in [-0.2, -0.15) is 0 Å². The van der Waals surface area contributed by atoms with Gasteiger partial charge in [-0.1, -0.05) is 6.07 Å². The Morgan fingerprint density at radius 2 is 1.91 bits per heavy atom. The minimum absolute atomic E-state index is 0.167. The monoisotopic (exact) mass is 328 g/mol. The van der Waals surface area contributed by atoms with Gasteiger partial charge in [-0.05, 0) is 44.4 Å². The Morgan fingerprint density at radius 3 is 2.45 bits per heavy atom. The van der Waals surface area contributed by atoms with E-state index in [-0.39, 0.29) is 11.6 Å². The predicted molar refractivity (Wildman–Crippen MR) is 83.6 cm³/mol. The molecule has 1 fully saturated rings. The lowest BCUT2D eigenvalue weighted by Gasteiger charge is -2.34. The molecule has 2 rings (SSSR count). The number of hydrogen-bond donors (Lipinski definition) is 0. The maximum atomic E-state index is 13.4. The first kappa shape index (κ1) is 16.7. The standard InChI is InChI=1S/C15H21FN2O3S/c1-12(15(19)17-9-4-3-5-10-17)18(22(2,20)21)14-8-6-7-13(16)11-14/h6-8,11-12H,3-5,9-10H2,1-2H3. The lowest BCUT2D eigenvalue weighted by Crippen LogP contribution is -2.50. The molecular weight excluding hydrogens is 307 g/mol. The number of likely N-dealkylation sites (tertiary alicyclic amines) is 1. The van der Waals surface area contributed by atoms with Crippen molar-refractivity contribution in [3.63, 3.8) is 0 Å². The fraction of sp³-hybridized carbons (Fsp3) is 0.533. The van der Waals surface area contributed by atoms with Crippen LogP contribution in [0.25, 0.3) is 0 Å². The van der Waals surface area contributed by atoms with Crippen molar-refractivity contribution >= 4 is 21.6 Å². The first-order valence-corrected chi connectivity index (χ1v) is 9.19. The van der Waals surface area contributed by atoms with E-state index in [4.69, 9.17) is 0 Å². The Bertz CT molecular complexity index is 642. The topological polar surface area (TPSA) is 57.7 Å². The molecule has 122 valence electrons. The number of piperidine rings is 1. The Balaban J connectivity index is 2.31. The highest BCUT2D eigenvalue weighted by atomic mass is 32.2. The molecule has 0 aliphatic carbocycles. The number of carbonyl (C=O) groups excluding carboxylic acids is 1. The number of rotatable bonds is 4. The van der Waals surface area contributed by atoms with Crippen molar-refractivity contribution in [2.24, 2.45) is 0 Å². The zero-order valence-corrected chi connectivity index (χ0v) is 13.6. The van der Waals surface area contributed by atoms with Gasteiger partial charge in [-0.3, -0.25) is 9.10 Å². The van der Waals surface area contributed by atoms with Crippen LogP contribution in [0.5, 0.6) is 0 Å². The number of amides is 1. The highest BCUT2D eigenvalue weighted by Crippen LogP contribution is 2.23. The van der Waals surface area contributed by atoms with E-state index in [2.05, 4.69) is 0 Å². The van der Waals surface area contributed by atoms with Crippen molar-refractivity contribution in [2.45, 2.75) is 32.2 Å². The summed E-state index contributed by atoms with van der Waals surface area (Å²) in [5, 5.41) is 0. The maximum Gasteiger partial charge on any atom is 0.246 e. The first-order valence-electron chi connectivity index (χ1n) is 7.34. The second-order valence-corrected chi connectivity index (χ2v) is 7.46. The van der Waals surface area contributed by atoms with Crippen molar-refractivity contribution < 1.29 is 17.6 Å². The molecular formula is C15H21FN2O3S. The molecule has 22 heavy (non-hydrogen) atoms. The molecule has 7 heteroatoms. The average Bonchev–Trinajstić information content (AvgIpc) is 2.46. The minimum atomic E-state index is -3.70. The summed E-state index contributed by atoms with van der Waals surface area (Å²) in [5.74, 6) is -0.779. The van der Waals surface area contributed by atoms with Crippen LogP contribution in [0.3, 0.4) is 0 Å². The molecule has 1 aliphatic heterocycles. The van der Waals surface area contributed by atoms with Crippen LogP contribution in [0, 0.1) is 5.82 Å². The molecule has 0 bridgehead atoms. The second-order valence-electron chi connectivity index (χ2n) is 5.60. The smallest absolute Gasteiger partial charge is 0.246 e. The van der Waals surface area contributed by atoms with Crippen LogP contribution < -0.4 is 4.31 Å². The van der Waals surface area contributed by atoms with Crippen LogP contribution in [0.1, 0.15) is 26.2 Å². The quantitative estimate of drug-likeness (QED) is 0.849. The summed E-state index contributed by atoms with van der Waals surface area (Å²) < 4.78 is 38.6. The summed E-state index contributed by atoms with van der Waals surface area (Å²) in [6, 6.07) is 4.39. The zero-order chi connectivity index (χ0) is 16.3. The van der Waals surface area contributed by atoms with Gasteiger partial charge in [0.2, 0.25) is 15.9 Å². The summed E-state index contributed by atoms with van der Waals surface area (Å²) in [7, 11) is -3.70. The molecule has 1 heterocycles. The summed E-state index contributed by atoms with van der Waals surface area (Å²) >= 11 is 0. The lowest BCUT2D eigenvalue weighted by molar-refractivity contribution is -0.132. The van der Waals surface area contributed by atoms with Crippen molar-refractivity contribution in [3.8, 4) is 0 Å². The van der Waals surface area contributed by atoms with E-state index >= 15 is 0 Å². The summed E-state index contributed by atoms with van der Waals surface area (Å²) in [4.78, 5) is 14.3. The van der Waals surface area contributed by atoms with Crippen molar-refractivity contribution in [2.75, 3.05) is 23.7 Å². The fourth-order valence-electron chi connectivity index (χ4n) is 2.79. The summed E-state index contributed by atoms with van der Waals surface area (Å²) in [5.41, 5.74) is 0.167. The minimum Gasteiger partial charge on any atom is -0.341 e. The largest absolute Gasteiger partial charge is 0.341 e. The van der Waals surface area contributed by atoms with E-state index in [0.29, 0.717) is 13.1 Å². The van der Waals surface area contributed by atoms with E-state index in [9.17, 15) is 17.6 Å². The van der Waals surface area contributed by atoms with Gasteiger partial charge in [0, 0.05) is 13.1 Å². The molecule has 1 saturated heterocycles. The average molecular weight is 328 g/mol. The van der Waals surface area contributed by atoms with E-state index < -0.39 is 21.9 Å². The van der Waals surface area contributed by atoms with E-state index in [0.717, 1.165) is 35.9 Å². The molecule has 0 spiro atoms. The van der Waals surface area contributed by atoms with Crippen LogP contribution >= 0.6 is 0 Å². The molecule has 1 aliphatic rings. The van der Waals surface area contributed by atoms with Crippen LogP contribution in [-0.4, -0.2) is 44.6 Å².